The van der Waals surface area contributed by atoms with Gasteiger partial charge in [-0.2, -0.15) is 0 Å². The molecule has 7 heteroatoms. The number of aromatic amines is 1. The molecule has 1 aliphatic heterocycles. The Labute approximate surface area is 123 Å². The lowest BCUT2D eigenvalue weighted by Gasteiger charge is -2.35. The van der Waals surface area contributed by atoms with Crippen molar-refractivity contribution in [1.82, 2.24) is 20.1 Å². The van der Waals surface area contributed by atoms with E-state index in [4.69, 9.17) is 5.11 Å². The molecule has 0 bridgehead atoms. The molecular formula is C14H22N4O3. The molecule has 7 nitrogen and oxygen atoms in total. The molecule has 0 saturated carbocycles. The Morgan fingerprint density at radius 2 is 2.05 bits per heavy atom. The number of rotatable bonds is 2. The summed E-state index contributed by atoms with van der Waals surface area (Å²) in [6, 6.07) is -0.121. The average Bonchev–Trinajstić information content (AvgIpc) is 2.87. The van der Waals surface area contributed by atoms with Crippen molar-refractivity contribution in [3.05, 3.63) is 11.6 Å². The number of piperidine rings is 1. The molecule has 2 unspecified atom stereocenters. The molecule has 0 aliphatic carbocycles. The van der Waals surface area contributed by atoms with Crippen LogP contribution in [0.4, 0.5) is 0 Å². The van der Waals surface area contributed by atoms with Crippen molar-refractivity contribution < 1.29 is 14.7 Å². The summed E-state index contributed by atoms with van der Waals surface area (Å²) in [7, 11) is 0. The summed E-state index contributed by atoms with van der Waals surface area (Å²) < 4.78 is 0. The molecule has 116 valence electrons. The minimum absolute atomic E-state index is 0.121. The number of H-pyrrole nitrogens is 1. The Morgan fingerprint density at radius 1 is 1.38 bits per heavy atom. The van der Waals surface area contributed by atoms with Crippen LogP contribution in [0.5, 0.6) is 0 Å². The van der Waals surface area contributed by atoms with Crippen molar-refractivity contribution >= 4 is 11.9 Å². The lowest BCUT2D eigenvalue weighted by molar-refractivity contribution is -0.143. The first-order valence-corrected chi connectivity index (χ1v) is 7.17. The molecule has 21 heavy (non-hydrogen) atoms. The van der Waals surface area contributed by atoms with E-state index >= 15 is 0 Å². The van der Waals surface area contributed by atoms with E-state index in [2.05, 4.69) is 15.2 Å². The van der Waals surface area contributed by atoms with Crippen LogP contribution < -0.4 is 0 Å². The maximum Gasteiger partial charge on any atom is 0.306 e. The Balaban J connectivity index is 2.10. The topological polar surface area (TPSA) is 99.2 Å². The molecule has 1 fully saturated rings. The monoisotopic (exact) mass is 294 g/mol. The Morgan fingerprint density at radius 3 is 2.52 bits per heavy atom. The highest BCUT2D eigenvalue weighted by Gasteiger charge is 2.34. The predicted octanol–water partition coefficient (Wildman–Crippen LogP) is 1.43. The van der Waals surface area contributed by atoms with Crippen LogP contribution in [0.2, 0.25) is 0 Å². The molecule has 2 atom stereocenters. The average molecular weight is 294 g/mol. The molecule has 1 amide bonds. The first-order valence-electron chi connectivity index (χ1n) is 7.17. The lowest BCUT2D eigenvalue weighted by Crippen LogP contribution is -2.46. The molecule has 0 spiro atoms. The van der Waals surface area contributed by atoms with Gasteiger partial charge in [-0.05, 0) is 19.8 Å². The number of amides is 1. The fourth-order valence-electron chi connectivity index (χ4n) is 2.52. The summed E-state index contributed by atoms with van der Waals surface area (Å²) in [5, 5.41) is 15.9. The molecule has 1 aliphatic rings. The number of carboxylic acids is 1. The molecule has 0 aromatic carbocycles. The number of likely N-dealkylation sites (tertiary alicyclic amines) is 1. The maximum atomic E-state index is 12.5. The van der Waals surface area contributed by atoms with Gasteiger partial charge in [0.1, 0.15) is 5.82 Å². The third-order valence-electron chi connectivity index (χ3n) is 3.87. The highest BCUT2D eigenvalue weighted by Crippen LogP contribution is 2.24. The largest absolute Gasteiger partial charge is 0.481 e. The van der Waals surface area contributed by atoms with Crippen LogP contribution in [0.1, 0.15) is 57.0 Å². The van der Waals surface area contributed by atoms with E-state index in [1.54, 1.807) is 4.90 Å². The van der Waals surface area contributed by atoms with Crippen LogP contribution in [0, 0.1) is 5.92 Å². The van der Waals surface area contributed by atoms with Crippen molar-refractivity contribution in [1.29, 1.82) is 0 Å². The van der Waals surface area contributed by atoms with Crippen LogP contribution in [-0.4, -0.2) is 49.7 Å². The molecule has 2 rings (SSSR count). The zero-order valence-electron chi connectivity index (χ0n) is 12.9. The predicted molar refractivity (Wildman–Crippen MR) is 75.9 cm³/mol. The number of carbonyl (C=O) groups is 2. The molecule has 2 heterocycles. The Bertz CT molecular complexity index is 547. The first kappa shape index (κ1) is 15.5. The van der Waals surface area contributed by atoms with Gasteiger partial charge in [-0.15, -0.1) is 5.10 Å². The van der Waals surface area contributed by atoms with Crippen LogP contribution in [0.15, 0.2) is 0 Å². The number of nitrogens with one attached hydrogen (secondary N) is 1. The molecule has 1 saturated heterocycles. The van der Waals surface area contributed by atoms with Crippen LogP contribution in [0.25, 0.3) is 0 Å². The zero-order chi connectivity index (χ0) is 15.8. The van der Waals surface area contributed by atoms with Gasteiger partial charge in [0.05, 0.1) is 5.92 Å². The number of carboxylic acid groups (broad SMARTS) is 1. The molecule has 0 radical (unpaired) electrons. The van der Waals surface area contributed by atoms with Crippen molar-refractivity contribution in [3.8, 4) is 0 Å². The second kappa shape index (κ2) is 5.46. The van der Waals surface area contributed by atoms with Crippen molar-refractivity contribution in [2.45, 2.75) is 52.0 Å². The third-order valence-corrected chi connectivity index (χ3v) is 3.87. The zero-order valence-corrected chi connectivity index (χ0v) is 12.9. The van der Waals surface area contributed by atoms with Gasteiger partial charge in [-0.3, -0.25) is 14.7 Å². The number of aliphatic carboxylic acids is 1. The molecule has 2 N–H and O–H groups in total. The van der Waals surface area contributed by atoms with E-state index in [1.165, 1.54) is 0 Å². The quantitative estimate of drug-likeness (QED) is 0.859. The van der Waals surface area contributed by atoms with Gasteiger partial charge in [0.15, 0.2) is 0 Å². The number of aromatic nitrogens is 3. The summed E-state index contributed by atoms with van der Waals surface area (Å²) >= 11 is 0. The van der Waals surface area contributed by atoms with E-state index in [9.17, 15) is 9.59 Å². The summed E-state index contributed by atoms with van der Waals surface area (Å²) in [5.41, 5.74) is -0.201. The Kier molecular flexibility index (Phi) is 4.02. The fraction of sp³-hybridized carbons (Fsp3) is 0.714. The van der Waals surface area contributed by atoms with Gasteiger partial charge < -0.3 is 10.0 Å². The highest BCUT2D eigenvalue weighted by atomic mass is 16.4. The van der Waals surface area contributed by atoms with Crippen molar-refractivity contribution in [2.24, 2.45) is 5.92 Å². The number of nitrogens with zero attached hydrogens (tertiary/aromatic N) is 3. The number of carbonyl (C=O) groups excluding carboxylic acids is 1. The first-order chi connectivity index (χ1) is 9.70. The Hall–Kier alpha value is -1.92. The minimum Gasteiger partial charge on any atom is -0.481 e. The molecular weight excluding hydrogens is 272 g/mol. The smallest absolute Gasteiger partial charge is 0.306 e. The van der Waals surface area contributed by atoms with Crippen LogP contribution in [-0.2, 0) is 10.2 Å². The highest BCUT2D eigenvalue weighted by molar-refractivity contribution is 5.90. The van der Waals surface area contributed by atoms with E-state index in [-0.39, 0.29) is 29.1 Å². The fourth-order valence-corrected chi connectivity index (χ4v) is 2.52. The van der Waals surface area contributed by atoms with E-state index < -0.39 is 5.97 Å². The van der Waals surface area contributed by atoms with Gasteiger partial charge in [-0.25, -0.2) is 4.98 Å². The van der Waals surface area contributed by atoms with Gasteiger partial charge in [0.25, 0.3) is 5.91 Å². The number of hydrogen-bond acceptors (Lipinski definition) is 4. The molecule has 1 aromatic rings. The van der Waals surface area contributed by atoms with Gasteiger partial charge in [-0.1, -0.05) is 20.8 Å². The van der Waals surface area contributed by atoms with Crippen LogP contribution >= 0.6 is 0 Å². The lowest BCUT2D eigenvalue weighted by atomic mass is 9.91. The minimum atomic E-state index is -0.790. The SMILES string of the molecule is CC1CC(C(=O)O)CCN1C(=O)c1n[nH]c(C(C)(C)C)n1. The van der Waals surface area contributed by atoms with Crippen LogP contribution in [0.3, 0.4) is 0 Å². The van der Waals surface area contributed by atoms with Gasteiger partial charge in [0.2, 0.25) is 5.82 Å². The number of hydrogen-bond donors (Lipinski definition) is 2. The third kappa shape index (κ3) is 3.22. The summed E-state index contributed by atoms with van der Waals surface area (Å²) in [4.78, 5) is 29.4. The van der Waals surface area contributed by atoms with Crippen molar-refractivity contribution in [3.63, 3.8) is 0 Å². The normalized spacial score (nSPS) is 23.1. The van der Waals surface area contributed by atoms with Gasteiger partial charge in [0, 0.05) is 18.0 Å². The summed E-state index contributed by atoms with van der Waals surface area (Å²) in [6.07, 6.45) is 0.944. The summed E-state index contributed by atoms with van der Waals surface area (Å²) in [6.45, 7) is 8.26. The van der Waals surface area contributed by atoms with Crippen molar-refractivity contribution in [2.75, 3.05) is 6.54 Å². The van der Waals surface area contributed by atoms with E-state index in [0.29, 0.717) is 25.2 Å². The van der Waals surface area contributed by atoms with E-state index in [1.807, 2.05) is 27.7 Å². The second-order valence-electron chi connectivity index (χ2n) is 6.66. The standard InChI is InChI=1S/C14H22N4O3/c1-8-7-9(12(20)21)5-6-18(8)11(19)10-15-13(17-16-10)14(2,3)4/h8-9H,5-7H2,1-4H3,(H,20,21)(H,15,16,17). The second-order valence-corrected chi connectivity index (χ2v) is 6.66. The summed E-state index contributed by atoms with van der Waals surface area (Å²) in [5.74, 6) is -0.583. The van der Waals surface area contributed by atoms with E-state index in [0.717, 1.165) is 0 Å². The van der Waals surface area contributed by atoms with Gasteiger partial charge >= 0.3 is 5.97 Å². The molecule has 1 aromatic heterocycles. The maximum absolute atomic E-state index is 12.5.